The second-order valence-corrected chi connectivity index (χ2v) is 7.38. The summed E-state index contributed by atoms with van der Waals surface area (Å²) in [6.07, 6.45) is 2.18. The number of rotatable bonds is 4. The molecule has 0 aliphatic carbocycles. The number of aryl methyl sites for hydroxylation is 2. The molecule has 142 valence electrons. The van der Waals surface area contributed by atoms with Crippen molar-refractivity contribution in [2.75, 3.05) is 23.3 Å². The first-order valence-corrected chi connectivity index (χ1v) is 9.39. The van der Waals surface area contributed by atoms with Crippen molar-refractivity contribution in [1.29, 1.82) is 0 Å². The summed E-state index contributed by atoms with van der Waals surface area (Å²) in [5.74, 6) is 1.54. The summed E-state index contributed by atoms with van der Waals surface area (Å²) in [6.45, 7) is 8.58. The van der Waals surface area contributed by atoms with Crippen LogP contribution in [0.2, 0.25) is 0 Å². The zero-order chi connectivity index (χ0) is 19.0. The number of ether oxygens (including phenoxy) is 1. The topological polar surface area (TPSA) is 68.1 Å². The summed E-state index contributed by atoms with van der Waals surface area (Å²) in [7, 11) is 1.91. The van der Waals surface area contributed by atoms with E-state index in [1.54, 1.807) is 4.68 Å². The summed E-state index contributed by atoms with van der Waals surface area (Å²) in [5.41, 5.74) is 3.28. The van der Waals surface area contributed by atoms with Crippen molar-refractivity contribution < 1.29 is 4.74 Å². The number of hydrogen-bond donors (Lipinski definition) is 1. The van der Waals surface area contributed by atoms with E-state index in [0.717, 1.165) is 29.9 Å². The van der Waals surface area contributed by atoms with Crippen molar-refractivity contribution in [2.24, 2.45) is 7.05 Å². The van der Waals surface area contributed by atoms with Crippen LogP contribution < -0.4 is 10.2 Å². The van der Waals surface area contributed by atoms with Gasteiger partial charge in [-0.05, 0) is 26.3 Å². The summed E-state index contributed by atoms with van der Waals surface area (Å²) >= 11 is 0. The first-order chi connectivity index (χ1) is 13.0. The molecule has 1 saturated heterocycles. The van der Waals surface area contributed by atoms with Crippen LogP contribution in [0.15, 0.2) is 30.5 Å². The van der Waals surface area contributed by atoms with Gasteiger partial charge in [0.25, 0.3) is 0 Å². The SMILES string of the molecule is Cc1ccc(CNc2nc(N3C[C@@H](C)O[C@@H](C)C3)c3cnn(C)c3n2)cc1. The van der Waals surface area contributed by atoms with Crippen LogP contribution in [0, 0.1) is 6.92 Å². The maximum atomic E-state index is 5.88. The lowest BCUT2D eigenvalue weighted by Gasteiger charge is -2.36. The largest absolute Gasteiger partial charge is 0.372 e. The molecular weight excluding hydrogens is 340 g/mol. The van der Waals surface area contributed by atoms with Crippen molar-refractivity contribution in [3.05, 3.63) is 41.6 Å². The summed E-state index contributed by atoms with van der Waals surface area (Å²) < 4.78 is 7.68. The molecule has 1 fully saturated rings. The average molecular weight is 366 g/mol. The van der Waals surface area contributed by atoms with E-state index >= 15 is 0 Å². The summed E-state index contributed by atoms with van der Waals surface area (Å²) in [4.78, 5) is 11.8. The monoisotopic (exact) mass is 366 g/mol. The molecule has 1 N–H and O–H groups in total. The standard InChI is InChI=1S/C20H26N6O/c1-13-5-7-16(8-6-13)9-21-20-23-18-17(10-22-25(18)4)19(24-20)26-11-14(2)27-15(3)12-26/h5-8,10,14-15H,9,11-12H2,1-4H3,(H,21,23,24)/t14-,15+. The van der Waals surface area contributed by atoms with Gasteiger partial charge < -0.3 is 15.0 Å². The van der Waals surface area contributed by atoms with Crippen LogP contribution in [-0.2, 0) is 18.3 Å². The van der Waals surface area contributed by atoms with Crippen molar-refractivity contribution in [3.63, 3.8) is 0 Å². The fourth-order valence-corrected chi connectivity index (χ4v) is 3.57. The Morgan fingerprint density at radius 3 is 2.52 bits per heavy atom. The predicted molar refractivity (Wildman–Crippen MR) is 107 cm³/mol. The first kappa shape index (κ1) is 17.7. The van der Waals surface area contributed by atoms with E-state index in [-0.39, 0.29) is 12.2 Å². The average Bonchev–Trinajstić information content (AvgIpc) is 3.01. The van der Waals surface area contributed by atoms with Gasteiger partial charge in [-0.1, -0.05) is 29.8 Å². The molecule has 2 aromatic heterocycles. The number of nitrogens with zero attached hydrogens (tertiary/aromatic N) is 5. The molecule has 0 bridgehead atoms. The molecule has 7 heteroatoms. The second-order valence-electron chi connectivity index (χ2n) is 7.38. The van der Waals surface area contributed by atoms with Gasteiger partial charge in [0.05, 0.1) is 23.8 Å². The highest BCUT2D eigenvalue weighted by molar-refractivity contribution is 5.88. The number of benzene rings is 1. The molecular formula is C20H26N6O. The van der Waals surface area contributed by atoms with Gasteiger partial charge in [0.2, 0.25) is 5.95 Å². The molecule has 7 nitrogen and oxygen atoms in total. The maximum Gasteiger partial charge on any atom is 0.227 e. The third-order valence-corrected chi connectivity index (χ3v) is 4.86. The molecule has 3 aromatic rings. The molecule has 3 heterocycles. The predicted octanol–water partition coefficient (Wildman–Crippen LogP) is 2.90. The van der Waals surface area contributed by atoms with Crippen LogP contribution in [0.5, 0.6) is 0 Å². The molecule has 1 aromatic carbocycles. The molecule has 0 saturated carbocycles. The third-order valence-electron chi connectivity index (χ3n) is 4.86. The smallest absolute Gasteiger partial charge is 0.227 e. The van der Waals surface area contributed by atoms with Gasteiger partial charge in [0, 0.05) is 26.7 Å². The normalized spacial score (nSPS) is 20.2. The molecule has 0 amide bonds. The van der Waals surface area contributed by atoms with Crippen LogP contribution in [0.1, 0.15) is 25.0 Å². The second kappa shape index (κ2) is 7.15. The molecule has 4 rings (SSSR count). The van der Waals surface area contributed by atoms with Gasteiger partial charge in [-0.25, -0.2) is 0 Å². The molecule has 2 atom stereocenters. The zero-order valence-electron chi connectivity index (χ0n) is 16.3. The van der Waals surface area contributed by atoms with E-state index in [1.165, 1.54) is 11.1 Å². The number of aromatic nitrogens is 4. The Bertz CT molecular complexity index is 926. The van der Waals surface area contributed by atoms with Gasteiger partial charge in [0.15, 0.2) is 5.65 Å². The van der Waals surface area contributed by atoms with Gasteiger partial charge in [-0.15, -0.1) is 0 Å². The Balaban J connectivity index is 1.65. The minimum Gasteiger partial charge on any atom is -0.372 e. The fourth-order valence-electron chi connectivity index (χ4n) is 3.57. The Morgan fingerprint density at radius 1 is 1.11 bits per heavy atom. The zero-order valence-corrected chi connectivity index (χ0v) is 16.3. The van der Waals surface area contributed by atoms with Gasteiger partial charge in [0.1, 0.15) is 5.82 Å². The van der Waals surface area contributed by atoms with E-state index in [2.05, 4.69) is 65.3 Å². The van der Waals surface area contributed by atoms with Crippen LogP contribution in [0.4, 0.5) is 11.8 Å². The van der Waals surface area contributed by atoms with Crippen LogP contribution in [0.25, 0.3) is 11.0 Å². The van der Waals surface area contributed by atoms with E-state index in [1.807, 2.05) is 13.2 Å². The Morgan fingerprint density at radius 2 is 1.81 bits per heavy atom. The molecule has 0 unspecified atom stereocenters. The van der Waals surface area contributed by atoms with Gasteiger partial charge in [-0.2, -0.15) is 15.1 Å². The number of morpholine rings is 1. The molecule has 27 heavy (non-hydrogen) atoms. The molecule has 1 aliphatic heterocycles. The number of fused-ring (bicyclic) bond motifs is 1. The van der Waals surface area contributed by atoms with Crippen LogP contribution >= 0.6 is 0 Å². The van der Waals surface area contributed by atoms with E-state index in [9.17, 15) is 0 Å². The van der Waals surface area contributed by atoms with Crippen molar-refractivity contribution >= 4 is 22.8 Å². The quantitative estimate of drug-likeness (QED) is 0.766. The fraction of sp³-hybridized carbons (Fsp3) is 0.450. The Labute approximate surface area is 159 Å². The maximum absolute atomic E-state index is 5.88. The number of anilines is 2. The highest BCUT2D eigenvalue weighted by atomic mass is 16.5. The lowest BCUT2D eigenvalue weighted by Crippen LogP contribution is -2.46. The Hall–Kier alpha value is -2.67. The molecule has 0 radical (unpaired) electrons. The van der Waals surface area contributed by atoms with E-state index in [0.29, 0.717) is 12.5 Å². The minimum absolute atomic E-state index is 0.166. The third kappa shape index (κ3) is 3.73. The molecule has 1 aliphatic rings. The van der Waals surface area contributed by atoms with E-state index in [4.69, 9.17) is 9.72 Å². The van der Waals surface area contributed by atoms with Crippen molar-refractivity contribution in [2.45, 2.75) is 39.5 Å². The first-order valence-electron chi connectivity index (χ1n) is 9.39. The summed E-state index contributed by atoms with van der Waals surface area (Å²) in [6, 6.07) is 8.47. The van der Waals surface area contributed by atoms with Crippen molar-refractivity contribution in [3.8, 4) is 0 Å². The lowest BCUT2D eigenvalue weighted by molar-refractivity contribution is -0.00536. The number of hydrogen-bond acceptors (Lipinski definition) is 6. The highest BCUT2D eigenvalue weighted by Gasteiger charge is 2.26. The van der Waals surface area contributed by atoms with Gasteiger partial charge >= 0.3 is 0 Å². The number of nitrogens with one attached hydrogen (secondary N) is 1. The molecule has 0 spiro atoms. The van der Waals surface area contributed by atoms with Gasteiger partial charge in [-0.3, -0.25) is 4.68 Å². The minimum atomic E-state index is 0.166. The van der Waals surface area contributed by atoms with Crippen LogP contribution in [0.3, 0.4) is 0 Å². The highest BCUT2D eigenvalue weighted by Crippen LogP contribution is 2.27. The Kier molecular flexibility index (Phi) is 4.70. The van der Waals surface area contributed by atoms with Crippen LogP contribution in [-0.4, -0.2) is 45.0 Å². The lowest BCUT2D eigenvalue weighted by atomic mass is 10.1. The summed E-state index contributed by atoms with van der Waals surface area (Å²) in [5, 5.41) is 8.73. The van der Waals surface area contributed by atoms with Crippen molar-refractivity contribution in [1.82, 2.24) is 19.7 Å². The van der Waals surface area contributed by atoms with E-state index < -0.39 is 0 Å².